The maximum Gasteiger partial charge on any atom is 0.573 e. The summed E-state index contributed by atoms with van der Waals surface area (Å²) in [7, 11) is 0. The highest BCUT2D eigenvalue weighted by Crippen LogP contribution is 2.33. The molecule has 2 rings (SSSR count). The summed E-state index contributed by atoms with van der Waals surface area (Å²) in [5.74, 6) is -0.364. The maximum absolute atomic E-state index is 12.0. The summed E-state index contributed by atoms with van der Waals surface area (Å²) in [6.45, 7) is 0.920. The second-order valence-electron chi connectivity index (χ2n) is 3.53. The van der Waals surface area contributed by atoms with Crippen LogP contribution in [0.4, 0.5) is 13.2 Å². The van der Waals surface area contributed by atoms with E-state index >= 15 is 0 Å². The minimum atomic E-state index is -4.71. The molecule has 0 aromatic heterocycles. The predicted molar refractivity (Wildman–Crippen MR) is 53.5 cm³/mol. The molecule has 2 nitrogen and oxygen atoms in total. The summed E-state index contributed by atoms with van der Waals surface area (Å²) < 4.78 is 39.7. The third-order valence-electron chi connectivity index (χ3n) is 2.41. The Labute approximate surface area is 95.3 Å². The number of benzene rings is 1. The van der Waals surface area contributed by atoms with Crippen molar-refractivity contribution in [2.45, 2.75) is 18.8 Å². The van der Waals surface area contributed by atoms with Crippen LogP contribution in [0.5, 0.6) is 5.75 Å². The molecular weight excluding hydrogens is 243 g/mol. The Balaban J connectivity index is 2.16. The highest BCUT2D eigenvalue weighted by molar-refractivity contribution is 6.32. The van der Waals surface area contributed by atoms with Crippen LogP contribution in [0.25, 0.3) is 0 Å². The van der Waals surface area contributed by atoms with E-state index in [1.165, 1.54) is 12.1 Å². The highest BCUT2D eigenvalue weighted by atomic mass is 35.5. The lowest BCUT2D eigenvalue weighted by Gasteiger charge is -2.28. The largest absolute Gasteiger partial charge is 0.573 e. The summed E-state index contributed by atoms with van der Waals surface area (Å²) >= 11 is 5.71. The van der Waals surface area contributed by atoms with Crippen LogP contribution >= 0.6 is 11.6 Å². The zero-order valence-corrected chi connectivity index (χ0v) is 8.90. The maximum atomic E-state index is 12.0. The minimum absolute atomic E-state index is 0.0245. The lowest BCUT2D eigenvalue weighted by atomic mass is 9.98. The Morgan fingerprint density at radius 2 is 2.06 bits per heavy atom. The Hall–Kier alpha value is -0.940. The Bertz CT molecular complexity index is 390. The lowest BCUT2D eigenvalue weighted by Crippen LogP contribution is -2.34. The van der Waals surface area contributed by atoms with Crippen molar-refractivity contribution in [1.29, 1.82) is 0 Å². The number of nitrogens with one attached hydrogen (secondary N) is 1. The summed E-state index contributed by atoms with van der Waals surface area (Å²) in [6, 6.07) is 4.52. The molecule has 0 saturated carbocycles. The third kappa shape index (κ3) is 2.59. The molecule has 16 heavy (non-hydrogen) atoms. The van der Waals surface area contributed by atoms with Gasteiger partial charge in [-0.15, -0.1) is 13.2 Å². The Kier molecular flexibility index (Phi) is 2.99. The first kappa shape index (κ1) is 11.5. The molecule has 1 aliphatic rings. The first-order chi connectivity index (χ1) is 7.46. The fourth-order valence-corrected chi connectivity index (χ4v) is 1.74. The van der Waals surface area contributed by atoms with E-state index in [-0.39, 0.29) is 16.8 Å². The topological polar surface area (TPSA) is 21.3 Å². The van der Waals surface area contributed by atoms with Gasteiger partial charge in [-0.2, -0.15) is 0 Å². The Morgan fingerprint density at radius 1 is 1.38 bits per heavy atom. The summed E-state index contributed by atoms with van der Waals surface area (Å²) in [6.07, 6.45) is -3.74. The number of hydrogen-bond donors (Lipinski definition) is 1. The van der Waals surface area contributed by atoms with Crippen LogP contribution in [0.15, 0.2) is 18.2 Å². The van der Waals surface area contributed by atoms with E-state index in [0.29, 0.717) is 0 Å². The minimum Gasteiger partial charge on any atom is -0.404 e. The van der Waals surface area contributed by atoms with E-state index in [4.69, 9.17) is 11.6 Å². The third-order valence-corrected chi connectivity index (χ3v) is 2.70. The highest BCUT2D eigenvalue weighted by Gasteiger charge is 2.32. The molecule has 1 aromatic carbocycles. The second-order valence-corrected chi connectivity index (χ2v) is 3.94. The molecule has 0 spiro atoms. The van der Waals surface area contributed by atoms with Crippen molar-refractivity contribution in [2.75, 3.05) is 6.54 Å². The summed E-state index contributed by atoms with van der Waals surface area (Å²) in [5, 5.41) is 3.11. The van der Waals surface area contributed by atoms with Crippen molar-refractivity contribution >= 4 is 11.6 Å². The van der Waals surface area contributed by atoms with E-state index in [1.807, 2.05) is 0 Å². The van der Waals surface area contributed by atoms with Gasteiger partial charge < -0.3 is 10.1 Å². The van der Waals surface area contributed by atoms with E-state index < -0.39 is 6.36 Å². The van der Waals surface area contributed by atoms with Crippen LogP contribution in [0, 0.1) is 0 Å². The van der Waals surface area contributed by atoms with Gasteiger partial charge in [0.15, 0.2) is 0 Å². The molecule has 1 fully saturated rings. The molecule has 1 N–H and O–H groups in total. The molecule has 6 heteroatoms. The first-order valence-corrected chi connectivity index (χ1v) is 5.12. The number of ether oxygens (including phenoxy) is 1. The van der Waals surface area contributed by atoms with Crippen LogP contribution in [-0.2, 0) is 0 Å². The van der Waals surface area contributed by atoms with Crippen LogP contribution < -0.4 is 10.1 Å². The SMILES string of the molecule is FC(F)(F)Oc1ccc([C@H]2CCN2)cc1Cl. The van der Waals surface area contributed by atoms with Gasteiger partial charge in [0.2, 0.25) is 0 Å². The zero-order valence-electron chi connectivity index (χ0n) is 8.14. The normalized spacial score (nSPS) is 20.4. The van der Waals surface area contributed by atoms with Gasteiger partial charge in [-0.1, -0.05) is 17.7 Å². The van der Waals surface area contributed by atoms with E-state index in [2.05, 4.69) is 10.1 Å². The average molecular weight is 252 g/mol. The number of hydrogen-bond acceptors (Lipinski definition) is 2. The molecule has 0 amide bonds. The van der Waals surface area contributed by atoms with Crippen molar-refractivity contribution in [3.05, 3.63) is 28.8 Å². The lowest BCUT2D eigenvalue weighted by molar-refractivity contribution is -0.274. The van der Waals surface area contributed by atoms with E-state index in [9.17, 15) is 13.2 Å². The first-order valence-electron chi connectivity index (χ1n) is 4.74. The molecule has 1 atom stereocenters. The van der Waals surface area contributed by atoms with Gasteiger partial charge in [0.25, 0.3) is 0 Å². The Morgan fingerprint density at radius 3 is 2.50 bits per heavy atom. The van der Waals surface area contributed by atoms with Gasteiger partial charge in [0.1, 0.15) is 5.75 Å². The van der Waals surface area contributed by atoms with E-state index in [0.717, 1.165) is 18.5 Å². The second kappa shape index (κ2) is 4.14. The van der Waals surface area contributed by atoms with Gasteiger partial charge in [-0.25, -0.2) is 0 Å². The van der Waals surface area contributed by atoms with E-state index in [1.54, 1.807) is 6.07 Å². The standard InChI is InChI=1S/C10H9ClF3NO/c11-7-5-6(8-3-4-15-8)1-2-9(7)16-10(12,13)14/h1-2,5,8,15H,3-4H2/t8-/m1/s1. The smallest absolute Gasteiger partial charge is 0.404 e. The number of halogens is 4. The van der Waals surface area contributed by atoms with Crippen molar-refractivity contribution in [1.82, 2.24) is 5.32 Å². The number of rotatable bonds is 2. The average Bonchev–Trinajstić information content (AvgIpc) is 2.04. The van der Waals surface area contributed by atoms with Crippen molar-refractivity contribution in [2.24, 2.45) is 0 Å². The summed E-state index contributed by atoms with van der Waals surface area (Å²) in [5.41, 5.74) is 0.880. The molecule has 0 radical (unpaired) electrons. The van der Waals surface area contributed by atoms with Gasteiger partial charge in [-0.05, 0) is 30.7 Å². The van der Waals surface area contributed by atoms with Crippen molar-refractivity contribution in [3.63, 3.8) is 0 Å². The molecule has 0 unspecified atom stereocenters. The van der Waals surface area contributed by atoms with Crippen LogP contribution in [0.1, 0.15) is 18.0 Å². The molecule has 1 aliphatic heterocycles. The van der Waals surface area contributed by atoms with Gasteiger partial charge in [0, 0.05) is 6.04 Å². The molecule has 88 valence electrons. The van der Waals surface area contributed by atoms with Crippen LogP contribution in [0.3, 0.4) is 0 Å². The molecule has 1 saturated heterocycles. The molecule has 0 aliphatic carbocycles. The van der Waals surface area contributed by atoms with Crippen molar-refractivity contribution < 1.29 is 17.9 Å². The van der Waals surface area contributed by atoms with Crippen molar-refractivity contribution in [3.8, 4) is 5.75 Å². The van der Waals surface area contributed by atoms with Gasteiger partial charge in [-0.3, -0.25) is 0 Å². The number of alkyl halides is 3. The molecule has 1 aromatic rings. The predicted octanol–water partition coefficient (Wildman–Crippen LogP) is 3.27. The van der Waals surface area contributed by atoms with Gasteiger partial charge in [0.05, 0.1) is 5.02 Å². The summed E-state index contributed by atoms with van der Waals surface area (Å²) in [4.78, 5) is 0. The monoisotopic (exact) mass is 251 g/mol. The quantitative estimate of drug-likeness (QED) is 0.871. The van der Waals surface area contributed by atoms with Gasteiger partial charge >= 0.3 is 6.36 Å². The molecule has 1 heterocycles. The fraction of sp³-hybridized carbons (Fsp3) is 0.400. The van der Waals surface area contributed by atoms with Crippen LogP contribution in [0.2, 0.25) is 5.02 Å². The zero-order chi connectivity index (χ0) is 11.8. The molecular formula is C10H9ClF3NO. The van der Waals surface area contributed by atoms with Crippen LogP contribution in [-0.4, -0.2) is 12.9 Å². The molecule has 0 bridgehead atoms. The fourth-order valence-electron chi connectivity index (χ4n) is 1.51.